The molecule has 0 aliphatic carbocycles. The average Bonchev–Trinajstić information content (AvgIpc) is 2.82. The van der Waals surface area contributed by atoms with Crippen molar-refractivity contribution in [2.24, 2.45) is 0 Å². The highest BCUT2D eigenvalue weighted by Gasteiger charge is 2.20. The molecule has 0 spiro atoms. The van der Waals surface area contributed by atoms with Crippen molar-refractivity contribution in [2.75, 3.05) is 0 Å². The smallest absolute Gasteiger partial charge is 0.101 e. The number of hydrogen-bond acceptors (Lipinski definition) is 1. The van der Waals surface area contributed by atoms with E-state index in [1.54, 1.807) is 0 Å². The molecule has 2 heteroatoms. The van der Waals surface area contributed by atoms with E-state index in [0.29, 0.717) is 0 Å². The number of benzene rings is 2. The summed E-state index contributed by atoms with van der Waals surface area (Å²) in [5.41, 5.74) is 5.40. The first-order valence-corrected chi connectivity index (χ1v) is 8.12. The Hall–Kier alpha value is -2.27. The Morgan fingerprint density at radius 3 is 2.00 bits per heavy atom. The zero-order valence-corrected chi connectivity index (χ0v) is 14.8. The van der Waals surface area contributed by atoms with Crippen LogP contribution in [0.25, 0.3) is 21.8 Å². The minimum absolute atomic E-state index is 0.0189. The molecule has 118 valence electrons. The molecule has 0 aliphatic rings. The van der Waals surface area contributed by atoms with E-state index in [2.05, 4.69) is 76.9 Å². The summed E-state index contributed by atoms with van der Waals surface area (Å²) < 4.78 is 0. The number of hydrogen-bond donors (Lipinski definition) is 1. The molecule has 0 atom stereocenters. The minimum Gasteiger partial charge on any atom is -0.353 e. The second kappa shape index (κ2) is 4.86. The molecule has 0 bridgehead atoms. The summed E-state index contributed by atoms with van der Waals surface area (Å²) in [6.45, 7) is 13.2. The van der Waals surface area contributed by atoms with Crippen LogP contribution in [0.4, 0.5) is 0 Å². The van der Waals surface area contributed by atoms with E-state index < -0.39 is 0 Å². The van der Waals surface area contributed by atoms with Gasteiger partial charge in [0.2, 0.25) is 0 Å². The average molecular weight is 304 g/mol. The Morgan fingerprint density at radius 2 is 1.43 bits per heavy atom. The van der Waals surface area contributed by atoms with Crippen molar-refractivity contribution < 1.29 is 0 Å². The van der Waals surface area contributed by atoms with Crippen molar-refractivity contribution in [1.82, 2.24) is 4.98 Å². The molecule has 3 aromatic rings. The lowest BCUT2D eigenvalue weighted by atomic mass is 9.84. The van der Waals surface area contributed by atoms with Gasteiger partial charge >= 0.3 is 0 Å². The fraction of sp³-hybridized carbons (Fsp3) is 0.381. The fourth-order valence-electron chi connectivity index (χ4n) is 2.99. The third-order valence-electron chi connectivity index (χ3n) is 4.56. The van der Waals surface area contributed by atoms with Gasteiger partial charge in [0, 0.05) is 16.3 Å². The van der Waals surface area contributed by atoms with Gasteiger partial charge in [-0.2, -0.15) is 5.26 Å². The van der Waals surface area contributed by atoms with Crippen LogP contribution >= 0.6 is 0 Å². The summed E-state index contributed by atoms with van der Waals surface area (Å²) >= 11 is 0. The number of nitriles is 1. The molecule has 0 radical (unpaired) electrons. The van der Waals surface area contributed by atoms with Crippen molar-refractivity contribution in [3.05, 3.63) is 47.0 Å². The Labute approximate surface area is 138 Å². The van der Waals surface area contributed by atoms with E-state index in [0.717, 1.165) is 22.0 Å². The second-order valence-electron chi connectivity index (χ2n) is 8.44. The second-order valence-corrected chi connectivity index (χ2v) is 8.44. The standard InChI is InChI=1S/C21H24N2/c1-20(2,3)14-7-8-18-16(10-14)17-11-15(21(4,5)6)9-13(12-22)19(17)23-18/h7-11,23H,1-6H3. The molecular formula is C21H24N2. The first-order chi connectivity index (χ1) is 10.6. The van der Waals surface area contributed by atoms with E-state index in [9.17, 15) is 5.26 Å². The van der Waals surface area contributed by atoms with Crippen LogP contribution in [-0.2, 0) is 10.8 Å². The van der Waals surface area contributed by atoms with Crippen LogP contribution in [0.5, 0.6) is 0 Å². The van der Waals surface area contributed by atoms with Gasteiger partial charge < -0.3 is 4.98 Å². The lowest BCUT2D eigenvalue weighted by Crippen LogP contribution is -2.11. The van der Waals surface area contributed by atoms with Gasteiger partial charge in [0.15, 0.2) is 0 Å². The molecule has 2 aromatic carbocycles. The molecule has 3 rings (SSSR count). The highest BCUT2D eigenvalue weighted by atomic mass is 14.7. The van der Waals surface area contributed by atoms with E-state index in [4.69, 9.17) is 0 Å². The van der Waals surface area contributed by atoms with E-state index in [1.165, 1.54) is 16.5 Å². The highest BCUT2D eigenvalue weighted by molar-refractivity contribution is 6.09. The Bertz CT molecular complexity index is 938. The summed E-state index contributed by atoms with van der Waals surface area (Å²) in [5.74, 6) is 0. The zero-order chi connectivity index (χ0) is 17.0. The van der Waals surface area contributed by atoms with Gasteiger partial charge in [-0.05, 0) is 46.2 Å². The van der Waals surface area contributed by atoms with Crippen LogP contribution in [0.3, 0.4) is 0 Å². The first-order valence-electron chi connectivity index (χ1n) is 8.12. The topological polar surface area (TPSA) is 39.6 Å². The summed E-state index contributed by atoms with van der Waals surface area (Å²) in [5, 5.41) is 11.9. The monoisotopic (exact) mass is 304 g/mol. The fourth-order valence-corrected chi connectivity index (χ4v) is 2.99. The van der Waals surface area contributed by atoms with Gasteiger partial charge in [-0.15, -0.1) is 0 Å². The number of rotatable bonds is 0. The van der Waals surface area contributed by atoms with Crippen LogP contribution in [0.2, 0.25) is 0 Å². The molecule has 23 heavy (non-hydrogen) atoms. The molecule has 2 nitrogen and oxygen atoms in total. The van der Waals surface area contributed by atoms with Gasteiger partial charge in [-0.3, -0.25) is 0 Å². The Balaban J connectivity index is 2.42. The number of aromatic nitrogens is 1. The molecule has 1 aromatic heterocycles. The maximum Gasteiger partial charge on any atom is 0.101 e. The molecule has 0 fully saturated rings. The summed E-state index contributed by atoms with van der Waals surface area (Å²) in [7, 11) is 0. The zero-order valence-electron chi connectivity index (χ0n) is 14.8. The number of H-pyrrole nitrogens is 1. The van der Waals surface area contributed by atoms with Crippen LogP contribution in [0, 0.1) is 11.3 Å². The number of nitrogens with zero attached hydrogens (tertiary/aromatic N) is 1. The molecule has 0 saturated carbocycles. The molecule has 0 unspecified atom stereocenters. The quantitative estimate of drug-likeness (QED) is 0.561. The van der Waals surface area contributed by atoms with Crippen LogP contribution < -0.4 is 0 Å². The van der Waals surface area contributed by atoms with Gasteiger partial charge in [0.05, 0.1) is 11.1 Å². The SMILES string of the molecule is CC(C)(C)c1ccc2[nH]c3c(C#N)cc(C(C)(C)C)cc3c2c1. The van der Waals surface area contributed by atoms with Crippen molar-refractivity contribution in [3.63, 3.8) is 0 Å². The Kier molecular flexibility index (Phi) is 3.30. The summed E-state index contributed by atoms with van der Waals surface area (Å²) in [6.07, 6.45) is 0. The summed E-state index contributed by atoms with van der Waals surface area (Å²) in [4.78, 5) is 3.43. The van der Waals surface area contributed by atoms with E-state index >= 15 is 0 Å². The number of nitrogens with one attached hydrogen (secondary N) is 1. The Morgan fingerprint density at radius 1 is 0.826 bits per heavy atom. The van der Waals surface area contributed by atoms with Gasteiger partial charge in [-0.1, -0.05) is 47.6 Å². The molecule has 1 N–H and O–H groups in total. The van der Waals surface area contributed by atoms with Gasteiger partial charge in [0.1, 0.15) is 6.07 Å². The van der Waals surface area contributed by atoms with Crippen LogP contribution in [-0.4, -0.2) is 4.98 Å². The van der Waals surface area contributed by atoms with Crippen LogP contribution in [0.15, 0.2) is 30.3 Å². The molecule has 0 aliphatic heterocycles. The number of aromatic amines is 1. The third-order valence-corrected chi connectivity index (χ3v) is 4.56. The van der Waals surface area contributed by atoms with Crippen molar-refractivity contribution in [1.29, 1.82) is 5.26 Å². The minimum atomic E-state index is 0.0189. The van der Waals surface area contributed by atoms with Crippen molar-refractivity contribution in [3.8, 4) is 6.07 Å². The largest absolute Gasteiger partial charge is 0.353 e. The maximum absolute atomic E-state index is 9.56. The predicted molar refractivity (Wildman–Crippen MR) is 97.9 cm³/mol. The normalized spacial score (nSPS) is 12.7. The first kappa shape index (κ1) is 15.6. The lowest BCUT2D eigenvalue weighted by molar-refractivity contribution is 0.590. The van der Waals surface area contributed by atoms with Crippen molar-refractivity contribution >= 4 is 21.8 Å². The molecular weight excluding hydrogens is 280 g/mol. The maximum atomic E-state index is 9.56. The molecule has 1 heterocycles. The molecule has 0 saturated heterocycles. The van der Waals surface area contributed by atoms with E-state index in [-0.39, 0.29) is 10.8 Å². The predicted octanol–water partition coefficient (Wildman–Crippen LogP) is 5.79. The van der Waals surface area contributed by atoms with Gasteiger partial charge in [-0.25, -0.2) is 0 Å². The number of fused-ring (bicyclic) bond motifs is 3. The van der Waals surface area contributed by atoms with Gasteiger partial charge in [0.25, 0.3) is 0 Å². The molecule has 0 amide bonds. The van der Waals surface area contributed by atoms with Crippen LogP contribution in [0.1, 0.15) is 58.2 Å². The summed E-state index contributed by atoms with van der Waals surface area (Å²) in [6, 6.07) is 13.2. The highest BCUT2D eigenvalue weighted by Crippen LogP contribution is 2.35. The van der Waals surface area contributed by atoms with Crippen molar-refractivity contribution in [2.45, 2.75) is 52.4 Å². The van der Waals surface area contributed by atoms with E-state index in [1.807, 2.05) is 6.07 Å². The third kappa shape index (κ3) is 2.61. The lowest BCUT2D eigenvalue weighted by Gasteiger charge is -2.20.